The number of fused-ring (bicyclic) bond motifs is 1. The lowest BCUT2D eigenvalue weighted by Crippen LogP contribution is -2.41. The molecule has 0 aliphatic heterocycles. The molecule has 1 atom stereocenters. The van der Waals surface area contributed by atoms with Crippen molar-refractivity contribution in [3.8, 4) is 0 Å². The molecule has 1 heterocycles. The Morgan fingerprint density at radius 3 is 2.85 bits per heavy atom. The highest BCUT2D eigenvalue weighted by Crippen LogP contribution is 2.29. The third kappa shape index (κ3) is 3.94. The van der Waals surface area contributed by atoms with Gasteiger partial charge in [0.05, 0.1) is 28.6 Å². The van der Waals surface area contributed by atoms with Gasteiger partial charge in [-0.1, -0.05) is 37.7 Å². The van der Waals surface area contributed by atoms with Crippen molar-refractivity contribution in [2.45, 2.75) is 24.2 Å². The van der Waals surface area contributed by atoms with Crippen molar-refractivity contribution in [3.63, 3.8) is 0 Å². The maximum atomic E-state index is 11.8. The number of aliphatic hydroxyl groups excluding tert-OH is 1. The average Bonchev–Trinajstić information content (AvgIpc) is 2.85. The number of amides is 1. The predicted octanol–water partition coefficient (Wildman–Crippen LogP) is 2.52. The van der Waals surface area contributed by atoms with Crippen molar-refractivity contribution in [1.29, 1.82) is 0 Å². The maximum absolute atomic E-state index is 11.8. The number of nitrogens with zero attached hydrogens (tertiary/aromatic N) is 1. The van der Waals surface area contributed by atoms with E-state index in [2.05, 4.69) is 10.3 Å². The van der Waals surface area contributed by atoms with Gasteiger partial charge in [0.25, 0.3) is 0 Å². The average molecular weight is 310 g/mol. The smallest absolute Gasteiger partial charge is 0.230 e. The van der Waals surface area contributed by atoms with Crippen molar-refractivity contribution in [3.05, 3.63) is 24.3 Å². The molecule has 0 aliphatic carbocycles. The normalized spacial score (nSPS) is 12.8. The molecule has 0 saturated carbocycles. The molecule has 2 N–H and O–H groups in total. The zero-order chi connectivity index (χ0) is 14.5. The van der Waals surface area contributed by atoms with Crippen LogP contribution in [0.5, 0.6) is 0 Å². The molecule has 0 aliphatic rings. The van der Waals surface area contributed by atoms with Gasteiger partial charge in [0, 0.05) is 0 Å². The first kappa shape index (κ1) is 15.3. The van der Waals surface area contributed by atoms with Gasteiger partial charge in [-0.2, -0.15) is 0 Å². The van der Waals surface area contributed by atoms with Gasteiger partial charge < -0.3 is 10.4 Å². The summed E-state index contributed by atoms with van der Waals surface area (Å²) >= 11 is 3.02. The molecule has 4 nitrogen and oxygen atoms in total. The zero-order valence-corrected chi connectivity index (χ0v) is 13.1. The van der Waals surface area contributed by atoms with Crippen LogP contribution in [0, 0.1) is 5.92 Å². The highest BCUT2D eigenvalue weighted by atomic mass is 32.2. The number of aliphatic hydroxyl groups is 1. The molecule has 6 heteroatoms. The molecule has 20 heavy (non-hydrogen) atoms. The fourth-order valence-electron chi connectivity index (χ4n) is 1.71. The van der Waals surface area contributed by atoms with E-state index in [1.54, 1.807) is 11.3 Å². The van der Waals surface area contributed by atoms with E-state index < -0.39 is 0 Å². The van der Waals surface area contributed by atoms with E-state index in [0.29, 0.717) is 5.75 Å². The molecule has 0 fully saturated rings. The minimum atomic E-state index is -0.182. The fourth-order valence-corrected chi connectivity index (χ4v) is 3.59. The Labute approximate surface area is 126 Å². The summed E-state index contributed by atoms with van der Waals surface area (Å²) in [6.07, 6.45) is 0. The van der Waals surface area contributed by atoms with Crippen LogP contribution in [0.25, 0.3) is 10.2 Å². The zero-order valence-electron chi connectivity index (χ0n) is 11.5. The Bertz CT molecular complexity index is 550. The third-order valence-corrected chi connectivity index (χ3v) is 5.13. The first-order valence-electron chi connectivity index (χ1n) is 6.48. The second-order valence-electron chi connectivity index (χ2n) is 4.84. The Hall–Kier alpha value is -1.11. The number of rotatable bonds is 6. The number of para-hydroxylation sites is 1. The Morgan fingerprint density at radius 1 is 1.45 bits per heavy atom. The molecule has 1 unspecified atom stereocenters. The van der Waals surface area contributed by atoms with E-state index in [0.717, 1.165) is 14.6 Å². The van der Waals surface area contributed by atoms with Gasteiger partial charge in [-0.15, -0.1) is 11.3 Å². The summed E-state index contributed by atoms with van der Waals surface area (Å²) in [5.41, 5.74) is 0.968. The second kappa shape index (κ2) is 7.06. The molecule has 2 rings (SSSR count). The van der Waals surface area contributed by atoms with E-state index in [1.807, 2.05) is 38.1 Å². The van der Waals surface area contributed by atoms with E-state index in [4.69, 9.17) is 0 Å². The van der Waals surface area contributed by atoms with Crippen molar-refractivity contribution in [2.24, 2.45) is 5.92 Å². The molecule has 2 aromatic rings. The van der Waals surface area contributed by atoms with Crippen molar-refractivity contribution < 1.29 is 9.90 Å². The summed E-state index contributed by atoms with van der Waals surface area (Å²) in [5.74, 6) is 0.474. The second-order valence-corrected chi connectivity index (χ2v) is 7.09. The molecule has 0 spiro atoms. The summed E-state index contributed by atoms with van der Waals surface area (Å²) < 4.78 is 2.03. The topological polar surface area (TPSA) is 62.2 Å². The SMILES string of the molecule is CC(C)C(CO)NC(=O)CSc1nc2ccccc2s1. The van der Waals surface area contributed by atoms with Gasteiger partial charge >= 0.3 is 0 Å². The van der Waals surface area contributed by atoms with E-state index in [-0.39, 0.29) is 24.5 Å². The summed E-state index contributed by atoms with van der Waals surface area (Å²) in [4.78, 5) is 16.3. The van der Waals surface area contributed by atoms with E-state index >= 15 is 0 Å². The van der Waals surface area contributed by atoms with Crippen LogP contribution >= 0.6 is 23.1 Å². The molecule has 1 aromatic carbocycles. The van der Waals surface area contributed by atoms with Crippen molar-refractivity contribution >= 4 is 39.2 Å². The largest absolute Gasteiger partial charge is 0.394 e. The summed E-state index contributed by atoms with van der Waals surface area (Å²) in [6.45, 7) is 3.92. The molecule has 1 amide bonds. The lowest BCUT2D eigenvalue weighted by molar-refractivity contribution is -0.119. The number of thioether (sulfide) groups is 1. The lowest BCUT2D eigenvalue weighted by atomic mass is 10.1. The Balaban J connectivity index is 1.89. The molecule has 0 radical (unpaired) electrons. The number of hydrogen-bond acceptors (Lipinski definition) is 5. The van der Waals surface area contributed by atoms with E-state index in [1.165, 1.54) is 11.8 Å². The molecule has 0 bridgehead atoms. The Morgan fingerprint density at radius 2 is 2.20 bits per heavy atom. The number of carbonyl (C=O) groups is 1. The Kier molecular flexibility index (Phi) is 5.39. The molecule has 108 valence electrons. The number of nitrogens with one attached hydrogen (secondary N) is 1. The third-order valence-electron chi connectivity index (χ3n) is 2.95. The summed E-state index contributed by atoms with van der Waals surface area (Å²) in [7, 11) is 0. The number of hydrogen-bond donors (Lipinski definition) is 2. The number of aromatic nitrogens is 1. The van der Waals surface area contributed by atoms with Gasteiger partial charge in [-0.3, -0.25) is 4.79 Å². The quantitative estimate of drug-likeness (QED) is 0.805. The highest BCUT2D eigenvalue weighted by molar-refractivity contribution is 8.01. The van der Waals surface area contributed by atoms with Crippen LogP contribution in [0.15, 0.2) is 28.6 Å². The van der Waals surface area contributed by atoms with Crippen LogP contribution in [-0.2, 0) is 4.79 Å². The van der Waals surface area contributed by atoms with Gasteiger partial charge in [0.15, 0.2) is 4.34 Å². The minimum absolute atomic E-state index is 0.0325. The fraction of sp³-hybridized carbons (Fsp3) is 0.429. The predicted molar refractivity (Wildman–Crippen MR) is 84.2 cm³/mol. The number of carbonyl (C=O) groups excluding carboxylic acids is 1. The molecular weight excluding hydrogens is 292 g/mol. The minimum Gasteiger partial charge on any atom is -0.394 e. The first-order chi connectivity index (χ1) is 9.60. The van der Waals surface area contributed by atoms with Crippen molar-refractivity contribution in [2.75, 3.05) is 12.4 Å². The van der Waals surface area contributed by atoms with E-state index in [9.17, 15) is 9.90 Å². The monoisotopic (exact) mass is 310 g/mol. The van der Waals surface area contributed by atoms with Gasteiger partial charge in [-0.05, 0) is 18.1 Å². The summed E-state index contributed by atoms with van der Waals surface area (Å²) in [5, 5.41) is 12.0. The van der Waals surface area contributed by atoms with Crippen LogP contribution in [-0.4, -0.2) is 34.4 Å². The number of thiazole rings is 1. The molecule has 1 aromatic heterocycles. The highest BCUT2D eigenvalue weighted by Gasteiger charge is 2.15. The van der Waals surface area contributed by atoms with Gasteiger partial charge in [0.2, 0.25) is 5.91 Å². The van der Waals surface area contributed by atoms with Crippen LogP contribution in [0.2, 0.25) is 0 Å². The molecular formula is C14H18N2O2S2. The van der Waals surface area contributed by atoms with Crippen LogP contribution < -0.4 is 5.32 Å². The standard InChI is InChI=1S/C14H18N2O2S2/c1-9(2)11(7-17)15-13(18)8-19-14-16-10-5-3-4-6-12(10)20-14/h3-6,9,11,17H,7-8H2,1-2H3,(H,15,18). The number of benzene rings is 1. The molecule has 0 saturated heterocycles. The van der Waals surface area contributed by atoms with Crippen LogP contribution in [0.1, 0.15) is 13.8 Å². The van der Waals surface area contributed by atoms with Crippen molar-refractivity contribution in [1.82, 2.24) is 10.3 Å². The van der Waals surface area contributed by atoms with Gasteiger partial charge in [-0.25, -0.2) is 4.98 Å². The van der Waals surface area contributed by atoms with Crippen LogP contribution in [0.3, 0.4) is 0 Å². The summed E-state index contributed by atoms with van der Waals surface area (Å²) in [6, 6.07) is 7.75. The first-order valence-corrected chi connectivity index (χ1v) is 8.29. The lowest BCUT2D eigenvalue weighted by Gasteiger charge is -2.19. The maximum Gasteiger partial charge on any atom is 0.230 e. The van der Waals surface area contributed by atoms with Crippen LogP contribution in [0.4, 0.5) is 0 Å². The van der Waals surface area contributed by atoms with Gasteiger partial charge in [0.1, 0.15) is 0 Å².